The van der Waals surface area contributed by atoms with Gasteiger partial charge >= 0.3 is 6.03 Å². The molecule has 1 aromatic rings. The van der Waals surface area contributed by atoms with E-state index < -0.39 is 0 Å². The first-order valence-electron chi connectivity index (χ1n) is 8.26. The molecule has 0 bridgehead atoms. The van der Waals surface area contributed by atoms with E-state index in [2.05, 4.69) is 46.4 Å². The number of piperidine rings is 1. The first kappa shape index (κ1) is 15.2. The van der Waals surface area contributed by atoms with Gasteiger partial charge in [0, 0.05) is 37.9 Å². The molecule has 0 atom stereocenters. The Morgan fingerprint density at radius 3 is 2.27 bits per heavy atom. The van der Waals surface area contributed by atoms with Gasteiger partial charge in [-0.05, 0) is 45.1 Å². The Bertz CT molecular complexity index is 477. The first-order valence-corrected chi connectivity index (χ1v) is 8.26. The third-order valence-corrected chi connectivity index (χ3v) is 4.73. The predicted molar refractivity (Wildman–Crippen MR) is 89.3 cm³/mol. The van der Waals surface area contributed by atoms with Crippen LogP contribution in [0.15, 0.2) is 30.3 Å². The van der Waals surface area contributed by atoms with Crippen LogP contribution < -0.4 is 10.2 Å². The number of carbonyl (C=O) groups excluding carboxylic acids is 1. The van der Waals surface area contributed by atoms with Crippen molar-refractivity contribution in [3.05, 3.63) is 30.3 Å². The number of likely N-dealkylation sites (tertiary alicyclic amines) is 1. The van der Waals surface area contributed by atoms with Gasteiger partial charge in [-0.25, -0.2) is 4.79 Å². The molecule has 2 aliphatic heterocycles. The number of carbonyl (C=O) groups is 1. The van der Waals surface area contributed by atoms with Gasteiger partial charge in [0.25, 0.3) is 0 Å². The van der Waals surface area contributed by atoms with Crippen molar-refractivity contribution < 1.29 is 4.79 Å². The van der Waals surface area contributed by atoms with Gasteiger partial charge in [-0.2, -0.15) is 0 Å². The van der Waals surface area contributed by atoms with E-state index in [0.29, 0.717) is 6.04 Å². The maximum Gasteiger partial charge on any atom is 0.317 e. The number of para-hydroxylation sites is 1. The number of amides is 2. The van der Waals surface area contributed by atoms with E-state index in [-0.39, 0.29) is 6.03 Å². The molecular formula is C17H26N4O. The van der Waals surface area contributed by atoms with Crippen molar-refractivity contribution in [1.29, 1.82) is 0 Å². The summed E-state index contributed by atoms with van der Waals surface area (Å²) in [4.78, 5) is 19.0. The van der Waals surface area contributed by atoms with Gasteiger partial charge in [0.05, 0.1) is 0 Å². The van der Waals surface area contributed by atoms with Crippen LogP contribution >= 0.6 is 0 Å². The largest absolute Gasteiger partial charge is 0.368 e. The number of urea groups is 1. The van der Waals surface area contributed by atoms with Crippen LogP contribution in [0.4, 0.5) is 10.5 Å². The van der Waals surface area contributed by atoms with Gasteiger partial charge in [-0.15, -0.1) is 0 Å². The Balaban J connectivity index is 1.46. The van der Waals surface area contributed by atoms with E-state index in [1.807, 2.05) is 11.0 Å². The number of benzene rings is 1. The first-order chi connectivity index (χ1) is 10.7. The predicted octanol–water partition coefficient (Wildman–Crippen LogP) is 1.61. The number of piperazine rings is 1. The smallest absolute Gasteiger partial charge is 0.317 e. The molecule has 0 aliphatic carbocycles. The summed E-state index contributed by atoms with van der Waals surface area (Å²) in [7, 11) is 2.14. The van der Waals surface area contributed by atoms with Crippen LogP contribution in [-0.4, -0.2) is 68.2 Å². The van der Waals surface area contributed by atoms with Gasteiger partial charge in [0.2, 0.25) is 0 Å². The number of anilines is 1. The summed E-state index contributed by atoms with van der Waals surface area (Å²) in [5, 5.41) is 3.21. The molecule has 2 fully saturated rings. The second kappa shape index (κ2) is 7.01. The molecule has 0 spiro atoms. The minimum absolute atomic E-state index is 0.113. The number of nitrogens with one attached hydrogen (secondary N) is 1. The Labute approximate surface area is 132 Å². The summed E-state index contributed by atoms with van der Waals surface area (Å²) in [6, 6.07) is 10.9. The second-order valence-corrected chi connectivity index (χ2v) is 6.34. The van der Waals surface area contributed by atoms with E-state index in [9.17, 15) is 4.79 Å². The maximum atomic E-state index is 12.4. The van der Waals surface area contributed by atoms with Crippen molar-refractivity contribution in [3.8, 4) is 0 Å². The number of hydrogen-bond donors (Lipinski definition) is 1. The molecule has 2 heterocycles. The summed E-state index contributed by atoms with van der Waals surface area (Å²) in [6.45, 7) is 5.57. The highest BCUT2D eigenvalue weighted by Gasteiger charge is 2.24. The van der Waals surface area contributed by atoms with Gasteiger partial charge in [-0.3, -0.25) is 0 Å². The topological polar surface area (TPSA) is 38.8 Å². The molecule has 0 unspecified atom stereocenters. The maximum absolute atomic E-state index is 12.4. The van der Waals surface area contributed by atoms with Crippen molar-refractivity contribution in [2.75, 3.05) is 51.2 Å². The van der Waals surface area contributed by atoms with Crippen LogP contribution in [0.25, 0.3) is 0 Å². The zero-order chi connectivity index (χ0) is 15.4. The lowest BCUT2D eigenvalue weighted by Crippen LogP contribution is -2.54. The molecule has 120 valence electrons. The molecule has 5 heteroatoms. The zero-order valence-electron chi connectivity index (χ0n) is 13.4. The van der Waals surface area contributed by atoms with Crippen molar-refractivity contribution in [1.82, 2.24) is 15.1 Å². The summed E-state index contributed by atoms with van der Waals surface area (Å²) in [5.74, 6) is 0. The van der Waals surface area contributed by atoms with Crippen LogP contribution in [0.5, 0.6) is 0 Å². The lowest BCUT2D eigenvalue weighted by molar-refractivity contribution is 0.178. The minimum atomic E-state index is 0.113. The van der Waals surface area contributed by atoms with Gasteiger partial charge in [0.1, 0.15) is 0 Å². The van der Waals surface area contributed by atoms with Crippen LogP contribution in [0.1, 0.15) is 12.8 Å². The van der Waals surface area contributed by atoms with E-state index in [1.54, 1.807) is 0 Å². The lowest BCUT2D eigenvalue weighted by atomic mass is 10.1. The summed E-state index contributed by atoms with van der Waals surface area (Å²) >= 11 is 0. The highest BCUT2D eigenvalue weighted by atomic mass is 16.2. The Hall–Kier alpha value is -1.75. The Morgan fingerprint density at radius 1 is 1.00 bits per heavy atom. The normalized spacial score (nSPS) is 21.0. The molecule has 0 saturated carbocycles. The van der Waals surface area contributed by atoms with Crippen molar-refractivity contribution in [3.63, 3.8) is 0 Å². The van der Waals surface area contributed by atoms with Gasteiger partial charge in [-0.1, -0.05) is 18.2 Å². The summed E-state index contributed by atoms with van der Waals surface area (Å²) in [6.07, 6.45) is 2.12. The van der Waals surface area contributed by atoms with E-state index >= 15 is 0 Å². The van der Waals surface area contributed by atoms with Crippen molar-refractivity contribution in [2.45, 2.75) is 18.9 Å². The summed E-state index contributed by atoms with van der Waals surface area (Å²) in [5.41, 5.74) is 1.25. The third-order valence-electron chi connectivity index (χ3n) is 4.73. The monoisotopic (exact) mass is 302 g/mol. The van der Waals surface area contributed by atoms with E-state index in [4.69, 9.17) is 0 Å². The van der Waals surface area contributed by atoms with Crippen molar-refractivity contribution >= 4 is 11.7 Å². The quantitative estimate of drug-likeness (QED) is 0.902. The standard InChI is InChI=1S/C17H26N4O/c1-19-9-7-15(8-10-19)18-17(22)21-13-11-20(12-14-21)16-5-3-2-4-6-16/h2-6,15H,7-14H2,1H3,(H,18,22). The molecule has 1 aromatic carbocycles. The minimum Gasteiger partial charge on any atom is -0.368 e. The van der Waals surface area contributed by atoms with Crippen LogP contribution in [-0.2, 0) is 0 Å². The fourth-order valence-electron chi connectivity index (χ4n) is 3.23. The number of rotatable bonds is 2. The molecule has 2 amide bonds. The molecule has 22 heavy (non-hydrogen) atoms. The van der Waals surface area contributed by atoms with Crippen molar-refractivity contribution in [2.24, 2.45) is 0 Å². The highest BCUT2D eigenvalue weighted by molar-refractivity contribution is 5.75. The molecule has 1 N–H and O–H groups in total. The third kappa shape index (κ3) is 3.71. The lowest BCUT2D eigenvalue weighted by Gasteiger charge is -2.37. The number of nitrogens with zero attached hydrogens (tertiary/aromatic N) is 3. The molecular weight excluding hydrogens is 276 g/mol. The zero-order valence-corrected chi connectivity index (χ0v) is 13.4. The van der Waals surface area contributed by atoms with Crippen LogP contribution in [0, 0.1) is 0 Å². The van der Waals surface area contributed by atoms with Gasteiger partial charge < -0.3 is 20.0 Å². The average Bonchev–Trinajstić information content (AvgIpc) is 2.58. The number of hydrogen-bond acceptors (Lipinski definition) is 3. The summed E-state index contributed by atoms with van der Waals surface area (Å²) < 4.78 is 0. The van der Waals surface area contributed by atoms with Gasteiger partial charge in [0.15, 0.2) is 0 Å². The fraction of sp³-hybridized carbons (Fsp3) is 0.588. The Kier molecular flexibility index (Phi) is 4.83. The Morgan fingerprint density at radius 2 is 1.64 bits per heavy atom. The second-order valence-electron chi connectivity index (χ2n) is 6.34. The molecule has 0 radical (unpaired) electrons. The van der Waals surface area contributed by atoms with Crippen LogP contribution in [0.3, 0.4) is 0 Å². The average molecular weight is 302 g/mol. The highest BCUT2D eigenvalue weighted by Crippen LogP contribution is 2.16. The molecule has 2 saturated heterocycles. The van der Waals surface area contributed by atoms with E-state index in [0.717, 1.165) is 52.1 Å². The fourth-order valence-corrected chi connectivity index (χ4v) is 3.23. The van der Waals surface area contributed by atoms with E-state index in [1.165, 1.54) is 5.69 Å². The van der Waals surface area contributed by atoms with Crippen LogP contribution in [0.2, 0.25) is 0 Å². The molecule has 2 aliphatic rings. The molecule has 3 rings (SSSR count). The molecule has 0 aromatic heterocycles. The molecule has 5 nitrogen and oxygen atoms in total. The SMILES string of the molecule is CN1CCC(NC(=O)N2CCN(c3ccccc3)CC2)CC1.